The fraction of sp³-hybridized carbons (Fsp3) is 0.318. The molecule has 0 atom stereocenters. The summed E-state index contributed by atoms with van der Waals surface area (Å²) in [6.07, 6.45) is 0.853. The second kappa shape index (κ2) is 9.11. The minimum atomic E-state index is -0.104. The summed E-state index contributed by atoms with van der Waals surface area (Å²) in [6, 6.07) is 12.4. The second-order valence-electron chi connectivity index (χ2n) is 6.87. The number of fused-ring (bicyclic) bond motifs is 1. The molecule has 7 nitrogen and oxygen atoms in total. The molecule has 3 aromatic rings. The minimum Gasteiger partial charge on any atom is -0.493 e. The van der Waals surface area contributed by atoms with Crippen molar-refractivity contribution in [2.75, 3.05) is 19.0 Å². The summed E-state index contributed by atoms with van der Waals surface area (Å²) in [6.45, 7) is 4.39. The lowest BCUT2D eigenvalue weighted by Gasteiger charge is -2.11. The Bertz CT molecular complexity index is 1050. The molecule has 0 aliphatic rings. The van der Waals surface area contributed by atoms with Crippen LogP contribution in [0.15, 0.2) is 40.8 Å². The Labute approximate surface area is 169 Å². The zero-order valence-corrected chi connectivity index (χ0v) is 16.7. The molecule has 1 heterocycles. The number of methoxy groups -OCH3 is 1. The monoisotopic (exact) mass is 393 g/mol. The number of nitrogens with one attached hydrogen (secondary N) is 1. The molecule has 0 saturated carbocycles. The smallest absolute Gasteiger partial charge is 0.224 e. The van der Waals surface area contributed by atoms with Crippen molar-refractivity contribution in [1.29, 1.82) is 5.26 Å². The van der Waals surface area contributed by atoms with Crippen LogP contribution < -0.4 is 14.8 Å². The van der Waals surface area contributed by atoms with Crippen molar-refractivity contribution in [2.24, 2.45) is 0 Å². The van der Waals surface area contributed by atoms with Gasteiger partial charge in [0, 0.05) is 24.1 Å². The maximum atomic E-state index is 12.2. The van der Waals surface area contributed by atoms with Crippen LogP contribution in [0.4, 0.5) is 5.69 Å². The highest BCUT2D eigenvalue weighted by Gasteiger charge is 2.11. The molecule has 0 fully saturated rings. The third-order valence-corrected chi connectivity index (χ3v) is 4.28. The molecule has 0 aliphatic heterocycles. The van der Waals surface area contributed by atoms with Gasteiger partial charge >= 0.3 is 0 Å². The zero-order chi connectivity index (χ0) is 20.8. The molecule has 0 saturated heterocycles. The first kappa shape index (κ1) is 20.2. The van der Waals surface area contributed by atoms with Gasteiger partial charge in [0.15, 0.2) is 23.0 Å². The van der Waals surface area contributed by atoms with Crippen LogP contribution in [-0.4, -0.2) is 24.6 Å². The van der Waals surface area contributed by atoms with E-state index in [2.05, 4.69) is 16.4 Å². The molecule has 0 unspecified atom stereocenters. The van der Waals surface area contributed by atoms with Crippen molar-refractivity contribution in [3.63, 3.8) is 0 Å². The summed E-state index contributed by atoms with van der Waals surface area (Å²) in [7, 11) is 1.52. The Hall–Kier alpha value is -3.53. The van der Waals surface area contributed by atoms with E-state index >= 15 is 0 Å². The molecular weight excluding hydrogens is 370 g/mol. The molecule has 2 aromatic carbocycles. The van der Waals surface area contributed by atoms with Crippen molar-refractivity contribution in [1.82, 2.24) is 4.98 Å². The van der Waals surface area contributed by atoms with Gasteiger partial charge in [-0.15, -0.1) is 0 Å². The number of rotatable bonds is 8. The van der Waals surface area contributed by atoms with Gasteiger partial charge in [-0.25, -0.2) is 4.98 Å². The van der Waals surface area contributed by atoms with Crippen molar-refractivity contribution >= 4 is 22.7 Å². The largest absolute Gasteiger partial charge is 0.493 e. The first-order valence-electron chi connectivity index (χ1n) is 9.41. The third-order valence-electron chi connectivity index (χ3n) is 4.28. The highest BCUT2D eigenvalue weighted by Crippen LogP contribution is 2.28. The van der Waals surface area contributed by atoms with E-state index in [9.17, 15) is 4.79 Å². The maximum absolute atomic E-state index is 12.2. The Morgan fingerprint density at radius 3 is 2.79 bits per heavy atom. The van der Waals surface area contributed by atoms with Gasteiger partial charge in [-0.1, -0.05) is 13.8 Å². The fourth-order valence-electron chi connectivity index (χ4n) is 2.76. The number of nitrogens with zero attached hydrogens (tertiary/aromatic N) is 2. The second-order valence-corrected chi connectivity index (χ2v) is 6.87. The van der Waals surface area contributed by atoms with E-state index in [1.54, 1.807) is 30.3 Å². The van der Waals surface area contributed by atoms with E-state index in [0.29, 0.717) is 53.7 Å². The number of amides is 1. The molecule has 7 heteroatoms. The topological polar surface area (TPSA) is 97.4 Å². The molecule has 0 bridgehead atoms. The summed E-state index contributed by atoms with van der Waals surface area (Å²) in [4.78, 5) is 16.7. The number of aromatic nitrogens is 1. The van der Waals surface area contributed by atoms with Gasteiger partial charge in [0.25, 0.3) is 0 Å². The van der Waals surface area contributed by atoms with Crippen LogP contribution in [0.3, 0.4) is 0 Å². The molecular formula is C22H23N3O4. The molecule has 1 amide bonds. The number of nitriles is 1. The third kappa shape index (κ3) is 5.05. The molecule has 1 N–H and O–H groups in total. The highest BCUT2D eigenvalue weighted by atomic mass is 16.5. The molecule has 0 radical (unpaired) electrons. The number of carbonyl (C=O) groups excluding carboxylic acids is 1. The quantitative estimate of drug-likeness (QED) is 0.561. The van der Waals surface area contributed by atoms with E-state index in [1.165, 1.54) is 7.11 Å². The lowest BCUT2D eigenvalue weighted by Crippen LogP contribution is -2.12. The number of anilines is 1. The normalized spacial score (nSPS) is 10.7. The first-order chi connectivity index (χ1) is 14.0. The molecule has 150 valence electrons. The molecule has 1 aromatic heterocycles. The van der Waals surface area contributed by atoms with E-state index < -0.39 is 0 Å². The lowest BCUT2D eigenvalue weighted by molar-refractivity contribution is -0.116. The Morgan fingerprint density at radius 1 is 1.24 bits per heavy atom. The summed E-state index contributed by atoms with van der Waals surface area (Å²) < 4.78 is 16.6. The predicted octanol–water partition coefficient (Wildman–Crippen LogP) is 4.63. The number of hydrogen-bond donors (Lipinski definition) is 1. The number of carbonyl (C=O) groups is 1. The Kier molecular flexibility index (Phi) is 6.35. The van der Waals surface area contributed by atoms with Crippen LogP contribution in [0.2, 0.25) is 0 Å². The van der Waals surface area contributed by atoms with Crippen molar-refractivity contribution < 1.29 is 18.7 Å². The number of benzene rings is 2. The van der Waals surface area contributed by atoms with Crippen LogP contribution in [0.25, 0.3) is 11.1 Å². The zero-order valence-electron chi connectivity index (χ0n) is 16.7. The van der Waals surface area contributed by atoms with Crippen LogP contribution in [0.1, 0.15) is 44.1 Å². The summed E-state index contributed by atoms with van der Waals surface area (Å²) in [5.41, 5.74) is 2.61. The maximum Gasteiger partial charge on any atom is 0.224 e. The molecule has 3 rings (SSSR count). The standard InChI is InChI=1S/C22H23N3O4/c1-14(2)22-25-17-12-16(7-9-18(17)29-22)24-21(26)5-4-10-28-19-8-6-15(13-23)11-20(19)27-3/h6-9,11-12,14H,4-5,10H2,1-3H3,(H,24,26). The van der Waals surface area contributed by atoms with Crippen molar-refractivity contribution in [2.45, 2.75) is 32.6 Å². The minimum absolute atomic E-state index is 0.104. The van der Waals surface area contributed by atoms with Gasteiger partial charge in [0.2, 0.25) is 5.91 Å². The van der Waals surface area contributed by atoms with E-state index in [0.717, 1.165) is 5.52 Å². The average Bonchev–Trinajstić information content (AvgIpc) is 3.15. The van der Waals surface area contributed by atoms with E-state index in [4.69, 9.17) is 19.2 Å². The molecule has 0 spiro atoms. The average molecular weight is 393 g/mol. The fourth-order valence-corrected chi connectivity index (χ4v) is 2.76. The number of ether oxygens (including phenoxy) is 2. The molecule has 0 aliphatic carbocycles. The van der Waals surface area contributed by atoms with Gasteiger partial charge < -0.3 is 19.2 Å². The van der Waals surface area contributed by atoms with Gasteiger partial charge in [-0.3, -0.25) is 4.79 Å². The molecule has 29 heavy (non-hydrogen) atoms. The lowest BCUT2D eigenvalue weighted by atomic mass is 10.2. The van der Waals surface area contributed by atoms with Crippen molar-refractivity contribution in [3.05, 3.63) is 47.9 Å². The van der Waals surface area contributed by atoms with Crippen LogP contribution in [-0.2, 0) is 4.79 Å². The van der Waals surface area contributed by atoms with Gasteiger partial charge in [0.1, 0.15) is 5.52 Å². The summed E-state index contributed by atoms with van der Waals surface area (Å²) >= 11 is 0. The summed E-state index contributed by atoms with van der Waals surface area (Å²) in [5.74, 6) is 1.82. The van der Waals surface area contributed by atoms with Crippen molar-refractivity contribution in [3.8, 4) is 17.6 Å². The number of hydrogen-bond acceptors (Lipinski definition) is 6. The van der Waals surface area contributed by atoms with Gasteiger partial charge in [-0.2, -0.15) is 5.26 Å². The SMILES string of the molecule is COc1cc(C#N)ccc1OCCCC(=O)Nc1ccc2oc(C(C)C)nc2c1. The van der Waals surface area contributed by atoms with Crippen LogP contribution >= 0.6 is 0 Å². The Balaban J connectivity index is 1.50. The highest BCUT2D eigenvalue weighted by molar-refractivity contribution is 5.92. The summed E-state index contributed by atoms with van der Waals surface area (Å²) in [5, 5.41) is 11.8. The Morgan fingerprint density at radius 2 is 2.07 bits per heavy atom. The predicted molar refractivity (Wildman–Crippen MR) is 109 cm³/mol. The first-order valence-corrected chi connectivity index (χ1v) is 9.41. The number of oxazole rings is 1. The van der Waals surface area contributed by atoms with Crippen LogP contribution in [0.5, 0.6) is 11.5 Å². The van der Waals surface area contributed by atoms with Gasteiger partial charge in [-0.05, 0) is 36.8 Å². The van der Waals surface area contributed by atoms with E-state index in [-0.39, 0.29) is 11.8 Å². The van der Waals surface area contributed by atoms with Crippen LogP contribution in [0, 0.1) is 11.3 Å². The van der Waals surface area contributed by atoms with Gasteiger partial charge in [0.05, 0.1) is 25.3 Å². The van der Waals surface area contributed by atoms with E-state index in [1.807, 2.05) is 19.9 Å².